The molecule has 0 aliphatic rings. The third kappa shape index (κ3) is 5.48. The van der Waals surface area contributed by atoms with Crippen molar-refractivity contribution in [3.63, 3.8) is 0 Å². The smallest absolute Gasteiger partial charge is 0.126 e. The van der Waals surface area contributed by atoms with E-state index in [0.717, 1.165) is 19.5 Å². The number of hydrogen-bond acceptors (Lipinski definition) is 2. The number of nitrogens with one attached hydrogen (secondary N) is 1. The first-order chi connectivity index (χ1) is 8.13. The molecule has 1 rings (SSSR count). The molecule has 2 nitrogen and oxygen atoms in total. The highest BCUT2D eigenvalue weighted by molar-refractivity contribution is 6.30. The van der Waals surface area contributed by atoms with Crippen molar-refractivity contribution in [3.05, 3.63) is 34.6 Å². The maximum absolute atomic E-state index is 13.4. The molecule has 96 valence electrons. The second-order valence-corrected chi connectivity index (χ2v) is 4.80. The molecule has 1 aromatic rings. The average molecular weight is 259 g/mol. The number of nitrogens with two attached hydrogens (primary N) is 1. The Morgan fingerprint density at radius 2 is 2.18 bits per heavy atom. The van der Waals surface area contributed by atoms with Crippen LogP contribution >= 0.6 is 11.6 Å². The number of benzene rings is 1. The summed E-state index contributed by atoms with van der Waals surface area (Å²) in [6, 6.07) is 4.66. The van der Waals surface area contributed by atoms with Crippen LogP contribution in [0.5, 0.6) is 0 Å². The lowest BCUT2D eigenvalue weighted by molar-refractivity contribution is 0.508. The predicted octanol–water partition coefficient (Wildman–Crippen LogP) is 2.60. The quantitative estimate of drug-likeness (QED) is 0.738. The molecule has 0 aliphatic heterocycles. The van der Waals surface area contributed by atoms with Gasteiger partial charge in [-0.3, -0.25) is 0 Å². The van der Waals surface area contributed by atoms with Crippen LogP contribution in [0.25, 0.3) is 0 Å². The van der Waals surface area contributed by atoms with E-state index in [1.165, 1.54) is 6.07 Å². The van der Waals surface area contributed by atoms with Crippen molar-refractivity contribution in [3.8, 4) is 0 Å². The molecular weight excluding hydrogens is 239 g/mol. The minimum Gasteiger partial charge on any atom is -0.330 e. The Morgan fingerprint density at radius 3 is 2.88 bits per heavy atom. The lowest BCUT2D eigenvalue weighted by Crippen LogP contribution is -2.22. The summed E-state index contributed by atoms with van der Waals surface area (Å²) in [5.41, 5.74) is 6.19. The van der Waals surface area contributed by atoms with Crippen LogP contribution in [-0.2, 0) is 6.42 Å². The second kappa shape index (κ2) is 7.64. The molecule has 1 atom stereocenters. The van der Waals surface area contributed by atoms with Gasteiger partial charge in [-0.1, -0.05) is 18.5 Å². The minimum atomic E-state index is -0.188. The molecule has 1 aromatic carbocycles. The fraction of sp³-hybridized carbons (Fsp3) is 0.538. The highest BCUT2D eigenvalue weighted by Gasteiger charge is 2.03. The number of rotatable bonds is 7. The van der Waals surface area contributed by atoms with E-state index in [2.05, 4.69) is 12.2 Å². The predicted molar refractivity (Wildman–Crippen MR) is 70.8 cm³/mol. The molecular formula is C13H20ClFN2. The summed E-state index contributed by atoms with van der Waals surface area (Å²) >= 11 is 5.82. The van der Waals surface area contributed by atoms with Crippen molar-refractivity contribution in [2.75, 3.05) is 19.6 Å². The molecule has 0 saturated carbocycles. The van der Waals surface area contributed by atoms with Crippen LogP contribution in [0, 0.1) is 11.7 Å². The van der Waals surface area contributed by atoms with Gasteiger partial charge >= 0.3 is 0 Å². The molecule has 0 aliphatic carbocycles. The van der Waals surface area contributed by atoms with E-state index in [-0.39, 0.29) is 5.82 Å². The Kier molecular flexibility index (Phi) is 6.48. The van der Waals surface area contributed by atoms with Crippen molar-refractivity contribution < 1.29 is 4.39 Å². The highest BCUT2D eigenvalue weighted by atomic mass is 35.5. The third-order valence-electron chi connectivity index (χ3n) is 2.80. The normalized spacial score (nSPS) is 12.7. The van der Waals surface area contributed by atoms with Gasteiger partial charge in [-0.25, -0.2) is 4.39 Å². The zero-order valence-electron chi connectivity index (χ0n) is 10.2. The van der Waals surface area contributed by atoms with Gasteiger partial charge in [-0.05, 0) is 62.2 Å². The van der Waals surface area contributed by atoms with Gasteiger partial charge in [-0.15, -0.1) is 0 Å². The number of hydrogen-bond donors (Lipinski definition) is 2. The van der Waals surface area contributed by atoms with Crippen LogP contribution < -0.4 is 11.1 Å². The summed E-state index contributed by atoms with van der Waals surface area (Å²) < 4.78 is 13.4. The van der Waals surface area contributed by atoms with E-state index in [0.29, 0.717) is 29.5 Å². The lowest BCUT2D eigenvalue weighted by atomic mass is 10.1. The Hall–Kier alpha value is -0.640. The highest BCUT2D eigenvalue weighted by Crippen LogP contribution is 2.14. The molecule has 0 amide bonds. The second-order valence-electron chi connectivity index (χ2n) is 4.37. The summed E-state index contributed by atoms with van der Waals surface area (Å²) in [5, 5.41) is 3.86. The van der Waals surface area contributed by atoms with Crippen molar-refractivity contribution in [2.24, 2.45) is 11.7 Å². The Bertz CT molecular complexity index is 344. The Labute approximate surface area is 107 Å². The van der Waals surface area contributed by atoms with E-state index >= 15 is 0 Å². The third-order valence-corrected chi connectivity index (χ3v) is 3.03. The van der Waals surface area contributed by atoms with E-state index in [1.807, 2.05) is 0 Å². The van der Waals surface area contributed by atoms with Crippen molar-refractivity contribution in [1.29, 1.82) is 0 Å². The van der Waals surface area contributed by atoms with Crippen LogP contribution in [0.15, 0.2) is 18.2 Å². The monoisotopic (exact) mass is 258 g/mol. The van der Waals surface area contributed by atoms with Gasteiger partial charge in [0.1, 0.15) is 5.82 Å². The van der Waals surface area contributed by atoms with Gasteiger partial charge in [0.25, 0.3) is 0 Å². The van der Waals surface area contributed by atoms with Gasteiger partial charge < -0.3 is 11.1 Å². The first kappa shape index (κ1) is 14.4. The van der Waals surface area contributed by atoms with Gasteiger partial charge in [0.05, 0.1) is 0 Å². The molecule has 0 spiro atoms. The van der Waals surface area contributed by atoms with Crippen molar-refractivity contribution >= 4 is 11.6 Å². The SMILES string of the molecule is CC(CN)CCNCCc1cc(Cl)ccc1F. The van der Waals surface area contributed by atoms with Crippen molar-refractivity contribution in [1.82, 2.24) is 5.32 Å². The first-order valence-corrected chi connectivity index (χ1v) is 6.36. The summed E-state index contributed by atoms with van der Waals surface area (Å²) in [4.78, 5) is 0. The molecule has 17 heavy (non-hydrogen) atoms. The molecule has 0 bridgehead atoms. The fourth-order valence-electron chi connectivity index (χ4n) is 1.55. The van der Waals surface area contributed by atoms with E-state index in [1.54, 1.807) is 12.1 Å². The summed E-state index contributed by atoms with van der Waals surface area (Å²) in [6.07, 6.45) is 1.71. The Morgan fingerprint density at radius 1 is 1.41 bits per heavy atom. The molecule has 0 heterocycles. The maximum Gasteiger partial charge on any atom is 0.126 e. The van der Waals surface area contributed by atoms with Gasteiger partial charge in [0, 0.05) is 5.02 Å². The largest absolute Gasteiger partial charge is 0.330 e. The zero-order chi connectivity index (χ0) is 12.7. The Balaban J connectivity index is 2.24. The minimum absolute atomic E-state index is 0.188. The van der Waals surface area contributed by atoms with Gasteiger partial charge in [0.15, 0.2) is 0 Å². The number of halogens is 2. The molecule has 1 unspecified atom stereocenters. The molecule has 0 saturated heterocycles. The zero-order valence-corrected chi connectivity index (χ0v) is 10.9. The van der Waals surface area contributed by atoms with Crippen LogP contribution in [0.2, 0.25) is 5.02 Å². The molecule has 0 fully saturated rings. The van der Waals surface area contributed by atoms with Crippen LogP contribution in [0.3, 0.4) is 0 Å². The standard InChI is InChI=1S/C13H20ClFN2/c1-10(9-16)4-6-17-7-5-11-8-12(14)2-3-13(11)15/h2-3,8,10,17H,4-7,9,16H2,1H3. The summed E-state index contributed by atoms with van der Waals surface area (Å²) in [7, 11) is 0. The molecule has 4 heteroatoms. The molecule has 3 N–H and O–H groups in total. The van der Waals surface area contributed by atoms with Crippen LogP contribution in [0.4, 0.5) is 4.39 Å². The fourth-order valence-corrected chi connectivity index (χ4v) is 1.74. The summed E-state index contributed by atoms with van der Waals surface area (Å²) in [5.74, 6) is 0.344. The van der Waals surface area contributed by atoms with Crippen molar-refractivity contribution in [2.45, 2.75) is 19.8 Å². The van der Waals surface area contributed by atoms with Crippen LogP contribution in [-0.4, -0.2) is 19.6 Å². The average Bonchev–Trinajstić information content (AvgIpc) is 2.32. The van der Waals surface area contributed by atoms with Gasteiger partial charge in [-0.2, -0.15) is 0 Å². The molecule has 0 aromatic heterocycles. The lowest BCUT2D eigenvalue weighted by Gasteiger charge is -2.09. The summed E-state index contributed by atoms with van der Waals surface area (Å²) in [6.45, 7) is 4.51. The van der Waals surface area contributed by atoms with E-state index in [9.17, 15) is 4.39 Å². The maximum atomic E-state index is 13.4. The van der Waals surface area contributed by atoms with Gasteiger partial charge in [0.2, 0.25) is 0 Å². The molecule has 0 radical (unpaired) electrons. The van der Waals surface area contributed by atoms with Crippen LogP contribution in [0.1, 0.15) is 18.9 Å². The van der Waals surface area contributed by atoms with E-state index in [4.69, 9.17) is 17.3 Å². The van der Waals surface area contributed by atoms with E-state index < -0.39 is 0 Å². The first-order valence-electron chi connectivity index (χ1n) is 5.98. The topological polar surface area (TPSA) is 38.0 Å².